The molecule has 24 heavy (non-hydrogen) atoms. The number of carbonyl (C=O) groups is 1. The molecular formula is C18H22N4OS. The van der Waals surface area contributed by atoms with Crippen LogP contribution in [0.5, 0.6) is 0 Å². The summed E-state index contributed by atoms with van der Waals surface area (Å²) in [6.07, 6.45) is 4.43. The Morgan fingerprint density at radius 1 is 1.17 bits per heavy atom. The third-order valence-corrected chi connectivity index (χ3v) is 5.08. The lowest BCUT2D eigenvalue weighted by Gasteiger charge is -2.19. The Hall–Kier alpha value is -2.08. The standard InChI is InChI=1S/C18H22N4OS/c1-21(13-14-7-3-4-8-16(14)24-2)18(23)15-9-10-17(20-19-15)22-11-5-6-12-22/h3-4,7-10H,5-6,11-13H2,1-2H3. The van der Waals surface area contributed by atoms with Crippen molar-refractivity contribution in [1.29, 1.82) is 0 Å². The highest BCUT2D eigenvalue weighted by Gasteiger charge is 2.18. The summed E-state index contributed by atoms with van der Waals surface area (Å²) in [5.74, 6) is 0.755. The molecule has 1 aromatic heterocycles. The summed E-state index contributed by atoms with van der Waals surface area (Å²) in [5, 5.41) is 8.37. The van der Waals surface area contributed by atoms with E-state index in [4.69, 9.17) is 0 Å². The zero-order valence-electron chi connectivity index (χ0n) is 14.1. The summed E-state index contributed by atoms with van der Waals surface area (Å²) in [5.41, 5.74) is 1.53. The van der Waals surface area contributed by atoms with Crippen LogP contribution in [0.15, 0.2) is 41.3 Å². The number of benzene rings is 1. The van der Waals surface area contributed by atoms with Gasteiger partial charge in [-0.1, -0.05) is 18.2 Å². The molecule has 1 aliphatic rings. The van der Waals surface area contributed by atoms with Gasteiger partial charge in [0.15, 0.2) is 11.5 Å². The van der Waals surface area contributed by atoms with Crippen molar-refractivity contribution in [3.8, 4) is 0 Å². The maximum atomic E-state index is 12.6. The van der Waals surface area contributed by atoms with Crippen LogP contribution in [0.1, 0.15) is 28.9 Å². The fraction of sp³-hybridized carbons (Fsp3) is 0.389. The first kappa shape index (κ1) is 16.8. The number of rotatable bonds is 5. The average Bonchev–Trinajstić information content (AvgIpc) is 3.16. The van der Waals surface area contributed by atoms with Crippen molar-refractivity contribution in [2.24, 2.45) is 0 Å². The molecule has 1 aliphatic heterocycles. The van der Waals surface area contributed by atoms with E-state index >= 15 is 0 Å². The van der Waals surface area contributed by atoms with E-state index in [0.29, 0.717) is 12.2 Å². The highest BCUT2D eigenvalue weighted by molar-refractivity contribution is 7.98. The molecule has 0 aliphatic carbocycles. The molecule has 2 heterocycles. The van der Waals surface area contributed by atoms with Crippen LogP contribution < -0.4 is 4.90 Å². The molecule has 1 fully saturated rings. The van der Waals surface area contributed by atoms with Crippen LogP contribution in [-0.2, 0) is 6.54 Å². The zero-order chi connectivity index (χ0) is 16.9. The Balaban J connectivity index is 1.68. The van der Waals surface area contributed by atoms with E-state index < -0.39 is 0 Å². The van der Waals surface area contributed by atoms with Gasteiger partial charge in [-0.05, 0) is 42.9 Å². The van der Waals surface area contributed by atoms with Gasteiger partial charge in [0.05, 0.1) is 0 Å². The minimum atomic E-state index is -0.105. The summed E-state index contributed by atoms with van der Waals surface area (Å²) in [4.78, 5) is 17.7. The smallest absolute Gasteiger partial charge is 0.274 e. The summed E-state index contributed by atoms with van der Waals surface area (Å²) in [6.45, 7) is 2.60. The minimum absolute atomic E-state index is 0.105. The van der Waals surface area contributed by atoms with E-state index in [0.717, 1.165) is 24.5 Å². The average molecular weight is 342 g/mol. The third kappa shape index (κ3) is 3.70. The van der Waals surface area contributed by atoms with Crippen molar-refractivity contribution < 1.29 is 4.79 Å². The molecular weight excluding hydrogens is 320 g/mol. The second kappa shape index (κ2) is 7.66. The topological polar surface area (TPSA) is 49.3 Å². The van der Waals surface area contributed by atoms with Crippen LogP contribution in [0.25, 0.3) is 0 Å². The molecule has 1 amide bonds. The highest BCUT2D eigenvalue weighted by Crippen LogP contribution is 2.21. The number of hydrogen-bond acceptors (Lipinski definition) is 5. The van der Waals surface area contributed by atoms with Gasteiger partial charge in [-0.3, -0.25) is 4.79 Å². The first-order valence-electron chi connectivity index (χ1n) is 8.15. The Kier molecular flexibility index (Phi) is 5.35. The number of amides is 1. The van der Waals surface area contributed by atoms with E-state index in [1.165, 1.54) is 17.7 Å². The molecule has 0 N–H and O–H groups in total. The molecule has 2 aromatic rings. The van der Waals surface area contributed by atoms with Crippen LogP contribution in [-0.4, -0.2) is 47.4 Å². The Labute approximate surface area is 147 Å². The molecule has 1 saturated heterocycles. The number of anilines is 1. The second-order valence-corrected chi connectivity index (χ2v) is 6.79. The van der Waals surface area contributed by atoms with Gasteiger partial charge in [0.25, 0.3) is 5.91 Å². The fourth-order valence-electron chi connectivity index (χ4n) is 2.91. The minimum Gasteiger partial charge on any atom is -0.355 e. The Bertz CT molecular complexity index is 698. The Morgan fingerprint density at radius 2 is 1.92 bits per heavy atom. The predicted molar refractivity (Wildman–Crippen MR) is 97.5 cm³/mol. The van der Waals surface area contributed by atoms with Gasteiger partial charge in [0.2, 0.25) is 0 Å². The van der Waals surface area contributed by atoms with E-state index in [1.54, 1.807) is 29.8 Å². The van der Waals surface area contributed by atoms with Gasteiger partial charge in [0.1, 0.15) is 0 Å². The monoisotopic (exact) mass is 342 g/mol. The first-order chi connectivity index (χ1) is 11.7. The van der Waals surface area contributed by atoms with Gasteiger partial charge >= 0.3 is 0 Å². The third-order valence-electron chi connectivity index (χ3n) is 4.25. The molecule has 0 bridgehead atoms. The largest absolute Gasteiger partial charge is 0.355 e. The molecule has 126 valence electrons. The molecule has 1 aromatic carbocycles. The molecule has 0 spiro atoms. The van der Waals surface area contributed by atoms with Gasteiger partial charge in [0, 0.05) is 31.6 Å². The molecule has 6 heteroatoms. The van der Waals surface area contributed by atoms with E-state index in [9.17, 15) is 4.79 Å². The van der Waals surface area contributed by atoms with E-state index in [2.05, 4.69) is 27.2 Å². The molecule has 5 nitrogen and oxygen atoms in total. The maximum Gasteiger partial charge on any atom is 0.274 e. The lowest BCUT2D eigenvalue weighted by Crippen LogP contribution is -2.28. The SMILES string of the molecule is CSc1ccccc1CN(C)C(=O)c1ccc(N2CCCC2)nn1. The Morgan fingerprint density at radius 3 is 2.58 bits per heavy atom. The van der Waals surface area contributed by atoms with Gasteiger partial charge in [-0.15, -0.1) is 22.0 Å². The van der Waals surface area contributed by atoms with E-state index in [1.807, 2.05) is 24.5 Å². The summed E-state index contributed by atoms with van der Waals surface area (Å²) < 4.78 is 0. The maximum absolute atomic E-state index is 12.6. The lowest BCUT2D eigenvalue weighted by molar-refractivity contribution is 0.0777. The molecule has 0 atom stereocenters. The number of aromatic nitrogens is 2. The lowest BCUT2D eigenvalue weighted by atomic mass is 10.2. The zero-order valence-corrected chi connectivity index (χ0v) is 14.9. The van der Waals surface area contributed by atoms with Crippen LogP contribution in [0.3, 0.4) is 0 Å². The molecule has 0 radical (unpaired) electrons. The van der Waals surface area contributed by atoms with Crippen molar-refractivity contribution in [2.45, 2.75) is 24.3 Å². The highest BCUT2D eigenvalue weighted by atomic mass is 32.2. The van der Waals surface area contributed by atoms with Crippen molar-refractivity contribution in [3.63, 3.8) is 0 Å². The fourth-order valence-corrected chi connectivity index (χ4v) is 3.52. The number of nitrogens with zero attached hydrogens (tertiary/aromatic N) is 4. The van der Waals surface area contributed by atoms with Crippen molar-refractivity contribution in [3.05, 3.63) is 47.7 Å². The normalized spacial score (nSPS) is 14.0. The van der Waals surface area contributed by atoms with Gasteiger partial charge in [-0.2, -0.15) is 0 Å². The number of thioether (sulfide) groups is 1. The van der Waals surface area contributed by atoms with Crippen LogP contribution in [0.4, 0.5) is 5.82 Å². The summed E-state index contributed by atoms with van der Waals surface area (Å²) in [7, 11) is 1.80. The summed E-state index contributed by atoms with van der Waals surface area (Å²) >= 11 is 1.69. The summed E-state index contributed by atoms with van der Waals surface area (Å²) in [6, 6.07) is 11.8. The first-order valence-corrected chi connectivity index (χ1v) is 9.37. The van der Waals surface area contributed by atoms with Crippen LogP contribution >= 0.6 is 11.8 Å². The quantitative estimate of drug-likeness (QED) is 0.782. The number of carbonyl (C=O) groups excluding carboxylic acids is 1. The molecule has 3 rings (SSSR count). The molecule has 0 unspecified atom stereocenters. The number of hydrogen-bond donors (Lipinski definition) is 0. The van der Waals surface area contributed by atoms with Crippen LogP contribution in [0, 0.1) is 0 Å². The van der Waals surface area contributed by atoms with E-state index in [-0.39, 0.29) is 5.91 Å². The molecule has 0 saturated carbocycles. The van der Waals surface area contributed by atoms with Crippen molar-refractivity contribution >= 4 is 23.5 Å². The van der Waals surface area contributed by atoms with Gasteiger partial charge in [-0.25, -0.2) is 0 Å². The van der Waals surface area contributed by atoms with Crippen LogP contribution in [0.2, 0.25) is 0 Å². The predicted octanol–water partition coefficient (Wildman–Crippen LogP) is 3.07. The second-order valence-electron chi connectivity index (χ2n) is 5.94. The van der Waals surface area contributed by atoms with Crippen molar-refractivity contribution in [1.82, 2.24) is 15.1 Å². The van der Waals surface area contributed by atoms with Crippen molar-refractivity contribution in [2.75, 3.05) is 31.3 Å². The van der Waals surface area contributed by atoms with Gasteiger partial charge < -0.3 is 9.80 Å².